The molecule has 0 spiro atoms. The Balaban J connectivity index is 1.65. The molecule has 5 rings (SSSR count). The molecule has 3 unspecified atom stereocenters. The molecular formula is C39H36O9. The van der Waals surface area contributed by atoms with Crippen LogP contribution in [0.2, 0.25) is 0 Å². The number of carbonyl (C=O) groups excluding carboxylic acids is 2. The normalized spacial score (nSPS) is 17.5. The third-order valence-corrected chi connectivity index (χ3v) is 8.60. The number of allylic oxidation sites excluding steroid dienone is 5. The van der Waals surface area contributed by atoms with Gasteiger partial charge in [0.25, 0.3) is 0 Å². The molecule has 0 fully saturated rings. The van der Waals surface area contributed by atoms with Gasteiger partial charge in [-0.25, -0.2) is 0 Å². The molecule has 0 bridgehead atoms. The number of hydrogen-bond acceptors (Lipinski definition) is 9. The van der Waals surface area contributed by atoms with Crippen molar-refractivity contribution in [1.82, 2.24) is 0 Å². The van der Waals surface area contributed by atoms with E-state index >= 15 is 0 Å². The van der Waals surface area contributed by atoms with E-state index in [0.717, 1.165) is 5.57 Å². The average Bonchev–Trinajstić information content (AvgIpc) is 3.04. The molecule has 0 heterocycles. The summed E-state index contributed by atoms with van der Waals surface area (Å²) in [6.45, 7) is 3.72. The minimum absolute atomic E-state index is 0.0172. The van der Waals surface area contributed by atoms with Gasteiger partial charge in [-0.15, -0.1) is 0 Å². The van der Waals surface area contributed by atoms with Gasteiger partial charge in [-0.2, -0.15) is 0 Å². The molecule has 0 saturated heterocycles. The van der Waals surface area contributed by atoms with Crippen molar-refractivity contribution in [3.8, 4) is 34.5 Å². The Kier molecular flexibility index (Phi) is 9.61. The number of rotatable bonds is 9. The molecule has 0 saturated carbocycles. The third kappa shape index (κ3) is 6.90. The molecule has 9 nitrogen and oxygen atoms in total. The van der Waals surface area contributed by atoms with Crippen molar-refractivity contribution in [1.29, 1.82) is 0 Å². The summed E-state index contributed by atoms with van der Waals surface area (Å²) in [6, 6.07) is 17.3. The lowest BCUT2D eigenvalue weighted by Gasteiger charge is -2.36. The van der Waals surface area contributed by atoms with Crippen LogP contribution in [0.4, 0.5) is 0 Å². The molecule has 7 N–H and O–H groups in total. The fraction of sp³-hybridized carbons (Fsp3) is 0.179. The number of phenols is 6. The quantitative estimate of drug-likeness (QED) is 0.0549. The Morgan fingerprint density at radius 3 is 1.98 bits per heavy atom. The van der Waals surface area contributed by atoms with Crippen molar-refractivity contribution in [3.63, 3.8) is 0 Å². The van der Waals surface area contributed by atoms with Gasteiger partial charge >= 0.3 is 0 Å². The first-order chi connectivity index (χ1) is 22.8. The molecule has 246 valence electrons. The molecule has 0 aromatic heterocycles. The maximum absolute atomic E-state index is 14.6. The van der Waals surface area contributed by atoms with Crippen LogP contribution in [0, 0.1) is 5.92 Å². The summed E-state index contributed by atoms with van der Waals surface area (Å²) < 4.78 is 0. The van der Waals surface area contributed by atoms with Crippen LogP contribution in [-0.4, -0.2) is 47.3 Å². The van der Waals surface area contributed by atoms with E-state index in [2.05, 4.69) is 0 Å². The Morgan fingerprint density at radius 1 is 0.729 bits per heavy atom. The van der Waals surface area contributed by atoms with Crippen LogP contribution in [0.15, 0.2) is 102 Å². The average molecular weight is 649 g/mol. The predicted octanol–water partition coefficient (Wildman–Crippen LogP) is 7.54. The summed E-state index contributed by atoms with van der Waals surface area (Å²) in [6.07, 6.45) is 5.99. The minimum atomic E-state index is -1.19. The van der Waals surface area contributed by atoms with E-state index < -0.39 is 46.6 Å². The maximum Gasteiger partial charge on any atom is 0.189 e. The van der Waals surface area contributed by atoms with Crippen LogP contribution in [-0.2, 0) is 6.42 Å². The number of hydrogen-bond donors (Lipinski definition) is 7. The molecule has 1 aliphatic rings. The van der Waals surface area contributed by atoms with Crippen LogP contribution < -0.4 is 0 Å². The van der Waals surface area contributed by atoms with Crippen LogP contribution in [0.3, 0.4) is 0 Å². The van der Waals surface area contributed by atoms with E-state index in [-0.39, 0.29) is 58.1 Å². The lowest BCUT2D eigenvalue weighted by molar-refractivity contribution is 0.0869. The van der Waals surface area contributed by atoms with Gasteiger partial charge < -0.3 is 35.7 Å². The van der Waals surface area contributed by atoms with Crippen LogP contribution in [0.1, 0.15) is 75.1 Å². The molecule has 0 amide bonds. The van der Waals surface area contributed by atoms with E-state index in [4.69, 9.17) is 0 Å². The zero-order valence-corrected chi connectivity index (χ0v) is 26.3. The van der Waals surface area contributed by atoms with E-state index in [0.29, 0.717) is 11.1 Å². The summed E-state index contributed by atoms with van der Waals surface area (Å²) in [4.78, 5) is 27.9. The molecule has 3 atom stereocenters. The number of benzene rings is 4. The largest absolute Gasteiger partial charge is 0.513 e. The Hall–Kier alpha value is -5.96. The van der Waals surface area contributed by atoms with E-state index in [1.165, 1.54) is 66.8 Å². The Morgan fingerprint density at radius 2 is 1.33 bits per heavy atom. The van der Waals surface area contributed by atoms with Crippen LogP contribution >= 0.6 is 0 Å². The highest BCUT2D eigenvalue weighted by atomic mass is 16.3. The second-order valence-corrected chi connectivity index (χ2v) is 12.1. The van der Waals surface area contributed by atoms with Crippen molar-refractivity contribution in [2.75, 3.05) is 0 Å². The highest BCUT2D eigenvalue weighted by Gasteiger charge is 2.43. The predicted molar refractivity (Wildman–Crippen MR) is 181 cm³/mol. The van der Waals surface area contributed by atoms with Gasteiger partial charge in [0, 0.05) is 35.3 Å². The minimum Gasteiger partial charge on any atom is -0.513 e. The van der Waals surface area contributed by atoms with Crippen molar-refractivity contribution in [2.45, 2.75) is 38.5 Å². The standard InChI is InChI=1S/C39H36O9/c1-21(2)3-13-27-33(44)17-15-29(37(27)46)39(48)35-30(23-7-11-25(41)12-8-23)19-26(42)20-31(35)36-34(45)18-14-28(38(36)47)32(43)16-6-22-4-9-24(40)10-5-22/h3-12,14-18,20,30-31,35,40-42,44-47H,13,19H2,1-2H3/b16-6+. The molecule has 4 aromatic carbocycles. The lowest BCUT2D eigenvalue weighted by Crippen LogP contribution is -2.32. The zero-order valence-electron chi connectivity index (χ0n) is 26.3. The molecule has 0 radical (unpaired) electrons. The van der Waals surface area contributed by atoms with E-state index in [9.17, 15) is 45.3 Å². The molecule has 48 heavy (non-hydrogen) atoms. The highest BCUT2D eigenvalue weighted by molar-refractivity contribution is 6.09. The monoisotopic (exact) mass is 648 g/mol. The van der Waals surface area contributed by atoms with Gasteiger partial charge in [-0.3, -0.25) is 9.59 Å². The topological polar surface area (TPSA) is 176 Å². The Bertz CT molecular complexity index is 1950. The summed E-state index contributed by atoms with van der Waals surface area (Å²) >= 11 is 0. The number of phenolic OH excluding ortho intramolecular Hbond substituents is 6. The van der Waals surface area contributed by atoms with E-state index in [1.807, 2.05) is 13.8 Å². The first-order valence-electron chi connectivity index (χ1n) is 15.3. The first kappa shape index (κ1) is 33.4. The Labute approximate surface area is 277 Å². The fourth-order valence-electron chi connectivity index (χ4n) is 6.12. The van der Waals surface area contributed by atoms with Gasteiger partial charge in [0.1, 0.15) is 34.5 Å². The summed E-state index contributed by atoms with van der Waals surface area (Å²) in [5.41, 5.74) is 1.80. The van der Waals surface area contributed by atoms with Gasteiger partial charge in [-0.1, -0.05) is 42.0 Å². The number of ketones is 2. The van der Waals surface area contributed by atoms with Gasteiger partial charge in [0.2, 0.25) is 0 Å². The second kappa shape index (κ2) is 13.8. The zero-order chi connectivity index (χ0) is 34.7. The van der Waals surface area contributed by atoms with Gasteiger partial charge in [0.05, 0.1) is 16.9 Å². The summed E-state index contributed by atoms with van der Waals surface area (Å²) in [7, 11) is 0. The molecule has 1 aliphatic carbocycles. The van der Waals surface area contributed by atoms with Crippen molar-refractivity contribution < 1.29 is 45.3 Å². The second-order valence-electron chi connectivity index (χ2n) is 12.1. The van der Waals surface area contributed by atoms with E-state index in [1.54, 1.807) is 30.3 Å². The third-order valence-electron chi connectivity index (χ3n) is 8.60. The van der Waals surface area contributed by atoms with Crippen LogP contribution in [0.5, 0.6) is 34.5 Å². The van der Waals surface area contributed by atoms with Crippen molar-refractivity contribution in [3.05, 3.63) is 136 Å². The smallest absolute Gasteiger partial charge is 0.189 e. The summed E-state index contributed by atoms with van der Waals surface area (Å²) in [5.74, 6) is -6.04. The molecular weight excluding hydrogens is 612 g/mol. The number of carbonyl (C=O) groups is 2. The first-order valence-corrected chi connectivity index (χ1v) is 15.3. The van der Waals surface area contributed by atoms with Crippen LogP contribution in [0.25, 0.3) is 6.08 Å². The SMILES string of the molecule is CC(C)=CCc1c(O)ccc(C(=O)C2C(c3c(O)ccc(C(=O)/C=C/c4ccc(O)cc4)c3O)C=C(O)CC2c2ccc(O)cc2)c1O. The molecule has 4 aromatic rings. The number of aliphatic hydroxyl groups excluding tert-OH is 1. The molecule has 0 aliphatic heterocycles. The fourth-order valence-corrected chi connectivity index (χ4v) is 6.12. The maximum atomic E-state index is 14.6. The number of aromatic hydroxyl groups is 6. The molecule has 9 heteroatoms. The number of Topliss-reactive ketones (excluding diaryl/α,β-unsaturated/α-hetero) is 1. The van der Waals surface area contributed by atoms with Gasteiger partial charge in [-0.05, 0) is 92.1 Å². The summed E-state index contributed by atoms with van der Waals surface area (Å²) in [5, 5.41) is 75.0. The van der Waals surface area contributed by atoms with Gasteiger partial charge in [0.15, 0.2) is 11.6 Å². The number of aliphatic hydroxyl groups is 1. The van der Waals surface area contributed by atoms with Crippen molar-refractivity contribution >= 4 is 17.6 Å². The van der Waals surface area contributed by atoms with Crippen molar-refractivity contribution in [2.24, 2.45) is 5.92 Å². The lowest BCUT2D eigenvalue weighted by atomic mass is 9.66. The highest BCUT2D eigenvalue weighted by Crippen LogP contribution is 2.52.